The first-order chi connectivity index (χ1) is 15.0. The van der Waals surface area contributed by atoms with Crippen molar-refractivity contribution in [1.82, 2.24) is 19.7 Å². The van der Waals surface area contributed by atoms with Crippen LogP contribution in [-0.2, 0) is 13.0 Å². The van der Waals surface area contributed by atoms with Crippen molar-refractivity contribution in [3.63, 3.8) is 0 Å². The summed E-state index contributed by atoms with van der Waals surface area (Å²) in [5.41, 5.74) is 1.72. The second kappa shape index (κ2) is 8.95. The van der Waals surface area contributed by atoms with Gasteiger partial charge in [0.25, 0.3) is 5.56 Å². The molecular formula is C24H25N5O2. The summed E-state index contributed by atoms with van der Waals surface area (Å²) in [7, 11) is 1.68. The van der Waals surface area contributed by atoms with Gasteiger partial charge in [-0.25, -0.2) is 14.6 Å². The zero-order valence-corrected chi connectivity index (χ0v) is 17.9. The third-order valence-electron chi connectivity index (χ3n) is 5.08. The molecule has 0 unspecified atom stereocenters. The van der Waals surface area contributed by atoms with Crippen molar-refractivity contribution in [2.45, 2.75) is 32.9 Å². The van der Waals surface area contributed by atoms with E-state index in [4.69, 9.17) is 4.74 Å². The Balaban J connectivity index is 1.53. The van der Waals surface area contributed by atoms with E-state index < -0.39 is 0 Å². The van der Waals surface area contributed by atoms with Crippen molar-refractivity contribution in [3.8, 4) is 5.75 Å². The van der Waals surface area contributed by atoms with Gasteiger partial charge in [0.05, 0.1) is 30.9 Å². The molecule has 0 radical (unpaired) electrons. The highest BCUT2D eigenvalue weighted by molar-refractivity contribution is 5.80. The Bertz CT molecular complexity index is 1270. The third-order valence-corrected chi connectivity index (χ3v) is 5.08. The van der Waals surface area contributed by atoms with Crippen LogP contribution in [0.2, 0.25) is 0 Å². The normalized spacial score (nSPS) is 12.0. The number of hydrogen-bond donors (Lipinski definition) is 1. The first-order valence-electron chi connectivity index (χ1n) is 10.2. The summed E-state index contributed by atoms with van der Waals surface area (Å²) in [5.74, 6) is 2.23. The fourth-order valence-electron chi connectivity index (χ4n) is 3.68. The number of methoxy groups -OCH3 is 1. The average molecular weight is 415 g/mol. The first-order valence-corrected chi connectivity index (χ1v) is 10.2. The molecule has 0 aliphatic rings. The Kier molecular flexibility index (Phi) is 5.93. The van der Waals surface area contributed by atoms with Crippen LogP contribution in [0.15, 0.2) is 65.6 Å². The summed E-state index contributed by atoms with van der Waals surface area (Å²) in [6, 6.07) is 17.4. The molecule has 0 amide bonds. The molecule has 7 heteroatoms. The van der Waals surface area contributed by atoms with Gasteiger partial charge in [-0.15, -0.1) is 0 Å². The topological polar surface area (TPSA) is 81.9 Å². The van der Waals surface area contributed by atoms with E-state index in [1.807, 2.05) is 55.5 Å². The maximum Gasteiger partial charge on any atom is 0.274 e. The summed E-state index contributed by atoms with van der Waals surface area (Å²) in [5, 5.41) is 9.22. The zero-order chi connectivity index (χ0) is 21.8. The van der Waals surface area contributed by atoms with Crippen LogP contribution in [-0.4, -0.2) is 32.9 Å². The number of hydrogen-bond acceptors (Lipinski definition) is 6. The van der Waals surface area contributed by atoms with Crippen molar-refractivity contribution >= 4 is 16.6 Å². The number of aromatic nitrogens is 4. The quantitative estimate of drug-likeness (QED) is 0.497. The summed E-state index contributed by atoms with van der Waals surface area (Å²) in [6.45, 7) is 4.22. The lowest BCUT2D eigenvalue weighted by atomic mass is 10.1. The molecule has 0 saturated carbocycles. The van der Waals surface area contributed by atoms with E-state index in [0.717, 1.165) is 34.6 Å². The Hall–Kier alpha value is -3.74. The molecule has 0 spiro atoms. The van der Waals surface area contributed by atoms with Crippen molar-refractivity contribution in [3.05, 3.63) is 88.2 Å². The molecule has 2 aromatic carbocycles. The van der Waals surface area contributed by atoms with Gasteiger partial charge in [-0.2, -0.15) is 5.10 Å². The van der Waals surface area contributed by atoms with Crippen molar-refractivity contribution < 1.29 is 4.74 Å². The maximum atomic E-state index is 12.8. The van der Waals surface area contributed by atoms with E-state index in [1.165, 1.54) is 4.68 Å². The molecule has 158 valence electrons. The highest BCUT2D eigenvalue weighted by Crippen LogP contribution is 2.20. The molecule has 0 saturated heterocycles. The number of anilines is 1. The van der Waals surface area contributed by atoms with Gasteiger partial charge in [-0.3, -0.25) is 4.79 Å². The minimum absolute atomic E-state index is 0.125. The largest absolute Gasteiger partial charge is 0.496 e. The molecule has 0 bridgehead atoms. The molecule has 1 atom stereocenters. The monoisotopic (exact) mass is 415 g/mol. The zero-order valence-electron chi connectivity index (χ0n) is 17.9. The smallest absolute Gasteiger partial charge is 0.274 e. The van der Waals surface area contributed by atoms with Crippen LogP contribution < -0.4 is 15.6 Å². The predicted molar refractivity (Wildman–Crippen MR) is 122 cm³/mol. The van der Waals surface area contributed by atoms with E-state index in [2.05, 4.69) is 33.4 Å². The van der Waals surface area contributed by atoms with Crippen LogP contribution in [0.25, 0.3) is 10.8 Å². The van der Waals surface area contributed by atoms with Crippen LogP contribution in [0.3, 0.4) is 0 Å². The maximum absolute atomic E-state index is 12.8. The lowest BCUT2D eigenvalue weighted by Gasteiger charge is -2.17. The number of rotatable bonds is 7. The molecule has 2 aromatic heterocycles. The Morgan fingerprint density at radius 3 is 2.71 bits per heavy atom. The molecule has 0 fully saturated rings. The van der Waals surface area contributed by atoms with Crippen molar-refractivity contribution in [2.24, 2.45) is 0 Å². The van der Waals surface area contributed by atoms with Gasteiger partial charge in [-0.05, 0) is 38.0 Å². The van der Waals surface area contributed by atoms with Gasteiger partial charge in [0, 0.05) is 17.5 Å². The van der Waals surface area contributed by atoms with E-state index in [-0.39, 0.29) is 18.1 Å². The molecule has 0 aliphatic carbocycles. The number of nitrogens with zero attached hydrogens (tertiary/aromatic N) is 4. The van der Waals surface area contributed by atoms with Crippen LogP contribution in [0, 0.1) is 6.92 Å². The van der Waals surface area contributed by atoms with Crippen LogP contribution in [0.5, 0.6) is 5.75 Å². The van der Waals surface area contributed by atoms with Crippen LogP contribution >= 0.6 is 0 Å². The van der Waals surface area contributed by atoms with Gasteiger partial charge in [-0.1, -0.05) is 36.4 Å². The number of ether oxygens (including phenoxy) is 1. The Morgan fingerprint density at radius 2 is 1.87 bits per heavy atom. The molecule has 0 aliphatic heterocycles. The standard InChI is InChI=1S/C24H25N5O2/c1-16(12-18-8-5-7-11-22(18)31-3)26-23-13-20(27-17(2)28-23)15-29-24(30)21-10-6-4-9-19(21)14-25-29/h4-11,13-14,16H,12,15H2,1-3H3,(H,26,27,28)/t16-/m0/s1. The average Bonchev–Trinajstić information content (AvgIpc) is 2.76. The predicted octanol–water partition coefficient (Wildman–Crippen LogP) is 3.59. The van der Waals surface area contributed by atoms with Crippen molar-refractivity contribution in [2.75, 3.05) is 12.4 Å². The second-order valence-corrected chi connectivity index (χ2v) is 7.55. The first kappa shape index (κ1) is 20.5. The third kappa shape index (κ3) is 4.71. The molecule has 1 N–H and O–H groups in total. The van der Waals surface area contributed by atoms with Gasteiger partial charge in [0.15, 0.2) is 0 Å². The minimum Gasteiger partial charge on any atom is -0.496 e. The highest BCUT2D eigenvalue weighted by Gasteiger charge is 2.11. The second-order valence-electron chi connectivity index (χ2n) is 7.55. The SMILES string of the molecule is COc1ccccc1C[C@H](C)Nc1cc(Cn2ncc3ccccc3c2=O)nc(C)n1. The van der Waals surface area contributed by atoms with E-state index in [1.54, 1.807) is 13.3 Å². The van der Waals surface area contributed by atoms with Crippen LogP contribution in [0.1, 0.15) is 24.0 Å². The number of para-hydroxylation sites is 1. The number of nitrogens with one attached hydrogen (secondary N) is 1. The Labute approximate surface area is 180 Å². The van der Waals surface area contributed by atoms with Gasteiger partial charge in [0.2, 0.25) is 0 Å². The van der Waals surface area contributed by atoms with Gasteiger partial charge >= 0.3 is 0 Å². The minimum atomic E-state index is -0.131. The summed E-state index contributed by atoms with van der Waals surface area (Å²) < 4.78 is 6.89. The fraction of sp³-hybridized carbons (Fsp3) is 0.250. The molecule has 31 heavy (non-hydrogen) atoms. The highest BCUT2D eigenvalue weighted by atomic mass is 16.5. The van der Waals surface area contributed by atoms with Gasteiger partial charge < -0.3 is 10.1 Å². The lowest BCUT2D eigenvalue weighted by Crippen LogP contribution is -2.24. The summed E-state index contributed by atoms with van der Waals surface area (Å²) in [6.07, 6.45) is 2.49. The molecule has 7 nitrogen and oxygen atoms in total. The molecule has 4 aromatic rings. The van der Waals surface area contributed by atoms with E-state index >= 15 is 0 Å². The number of benzene rings is 2. The summed E-state index contributed by atoms with van der Waals surface area (Å²) in [4.78, 5) is 21.8. The van der Waals surface area contributed by atoms with E-state index in [0.29, 0.717) is 11.2 Å². The van der Waals surface area contributed by atoms with Gasteiger partial charge in [0.1, 0.15) is 17.4 Å². The number of fused-ring (bicyclic) bond motifs is 1. The lowest BCUT2D eigenvalue weighted by molar-refractivity contribution is 0.409. The molecule has 2 heterocycles. The molecular weight excluding hydrogens is 390 g/mol. The number of aryl methyl sites for hydroxylation is 1. The fourth-order valence-corrected chi connectivity index (χ4v) is 3.68. The van der Waals surface area contributed by atoms with Crippen molar-refractivity contribution in [1.29, 1.82) is 0 Å². The summed E-state index contributed by atoms with van der Waals surface area (Å²) >= 11 is 0. The van der Waals surface area contributed by atoms with E-state index in [9.17, 15) is 4.79 Å². The Morgan fingerprint density at radius 1 is 1.10 bits per heavy atom. The molecule has 4 rings (SSSR count). The van der Waals surface area contributed by atoms with Crippen LogP contribution in [0.4, 0.5) is 5.82 Å².